The molecule has 0 heterocycles. The molecule has 0 amide bonds. The molecule has 0 aromatic carbocycles. The number of carboxylic acids is 1. The van der Waals surface area contributed by atoms with Crippen LogP contribution in [0.15, 0.2) is 0 Å². The number of carbonyl (C=O) groups is 1. The summed E-state index contributed by atoms with van der Waals surface area (Å²) in [5, 5.41) is 9.23. The molecule has 1 saturated carbocycles. The lowest BCUT2D eigenvalue weighted by Gasteiger charge is -2.26. The molecule has 1 aliphatic carbocycles. The van der Waals surface area contributed by atoms with Crippen LogP contribution in [0, 0.1) is 5.41 Å². The van der Waals surface area contributed by atoms with Crippen molar-refractivity contribution < 1.29 is 9.90 Å². The zero-order valence-corrected chi connectivity index (χ0v) is 8.96. The van der Waals surface area contributed by atoms with Crippen molar-refractivity contribution in [3.8, 4) is 0 Å². The first-order valence-corrected chi connectivity index (χ1v) is 5.60. The van der Waals surface area contributed by atoms with E-state index >= 15 is 0 Å². The van der Waals surface area contributed by atoms with Crippen LogP contribution in [0.2, 0.25) is 0 Å². The van der Waals surface area contributed by atoms with Crippen molar-refractivity contribution in [2.24, 2.45) is 11.1 Å². The average Bonchev–Trinajstić information content (AvgIpc) is 2.54. The first-order valence-electron chi connectivity index (χ1n) is 5.60. The van der Waals surface area contributed by atoms with Crippen LogP contribution in [0.25, 0.3) is 0 Å². The Bertz CT molecular complexity index is 197. The highest BCUT2D eigenvalue weighted by molar-refractivity contribution is 5.75. The van der Waals surface area contributed by atoms with Crippen molar-refractivity contribution in [3.05, 3.63) is 0 Å². The molecule has 1 rings (SSSR count). The Kier molecular flexibility index (Phi) is 3.93. The minimum absolute atomic E-state index is 0.0641. The molecule has 3 heteroatoms. The fourth-order valence-electron chi connectivity index (χ4n) is 2.53. The van der Waals surface area contributed by atoms with Gasteiger partial charge in [0.15, 0.2) is 0 Å². The van der Waals surface area contributed by atoms with Crippen molar-refractivity contribution in [2.75, 3.05) is 0 Å². The van der Waals surface area contributed by atoms with Gasteiger partial charge in [0.25, 0.3) is 0 Å². The topological polar surface area (TPSA) is 63.3 Å². The van der Waals surface area contributed by atoms with Gasteiger partial charge in [-0.2, -0.15) is 0 Å². The van der Waals surface area contributed by atoms with Crippen molar-refractivity contribution in [1.29, 1.82) is 0 Å². The molecule has 1 fully saturated rings. The number of nitrogens with two attached hydrogens (primary N) is 1. The third-order valence-corrected chi connectivity index (χ3v) is 3.33. The molecule has 0 aromatic rings. The van der Waals surface area contributed by atoms with Crippen molar-refractivity contribution >= 4 is 5.97 Å². The monoisotopic (exact) mass is 199 g/mol. The third kappa shape index (κ3) is 2.47. The van der Waals surface area contributed by atoms with E-state index in [4.69, 9.17) is 5.73 Å². The van der Waals surface area contributed by atoms with E-state index < -0.39 is 11.4 Å². The van der Waals surface area contributed by atoms with Gasteiger partial charge in [0, 0.05) is 6.04 Å². The molecule has 0 aromatic heterocycles. The molecule has 0 saturated heterocycles. The Morgan fingerprint density at radius 3 is 2.50 bits per heavy atom. The fourth-order valence-corrected chi connectivity index (χ4v) is 2.53. The summed E-state index contributed by atoms with van der Waals surface area (Å²) in [5.41, 5.74) is 5.43. The lowest BCUT2D eigenvalue weighted by molar-refractivity contribution is -0.149. The molecule has 82 valence electrons. The van der Waals surface area contributed by atoms with E-state index in [1.165, 1.54) is 0 Å². The molecule has 1 aliphatic rings. The van der Waals surface area contributed by atoms with E-state index in [0.29, 0.717) is 6.42 Å². The predicted molar refractivity (Wildman–Crippen MR) is 56.0 cm³/mol. The van der Waals surface area contributed by atoms with E-state index in [1.807, 2.05) is 0 Å². The standard InChI is InChI=1S/C11H21NO2/c1-2-5-9(12)8-11(10(13)14)6-3-4-7-11/h9H,2-8,12H2,1H3,(H,13,14). The highest BCUT2D eigenvalue weighted by atomic mass is 16.4. The van der Waals surface area contributed by atoms with Gasteiger partial charge in [0.1, 0.15) is 0 Å². The normalized spacial score (nSPS) is 22.1. The fraction of sp³-hybridized carbons (Fsp3) is 0.909. The summed E-state index contributed by atoms with van der Waals surface area (Å²) < 4.78 is 0. The number of hydrogen-bond acceptors (Lipinski definition) is 2. The van der Waals surface area contributed by atoms with Gasteiger partial charge in [-0.15, -0.1) is 0 Å². The zero-order valence-electron chi connectivity index (χ0n) is 8.96. The molecule has 3 nitrogen and oxygen atoms in total. The van der Waals surface area contributed by atoms with Gasteiger partial charge >= 0.3 is 5.97 Å². The Labute approximate surface area is 85.7 Å². The van der Waals surface area contributed by atoms with Crippen LogP contribution in [0.1, 0.15) is 51.9 Å². The molecule has 0 radical (unpaired) electrons. The lowest BCUT2D eigenvalue weighted by Crippen LogP contribution is -2.35. The Balaban J connectivity index is 2.55. The second-order valence-corrected chi connectivity index (χ2v) is 4.55. The summed E-state index contributed by atoms with van der Waals surface area (Å²) in [6.45, 7) is 2.09. The smallest absolute Gasteiger partial charge is 0.309 e. The maximum atomic E-state index is 11.2. The molecular formula is C11H21NO2. The van der Waals surface area contributed by atoms with Crippen molar-refractivity contribution in [2.45, 2.75) is 57.9 Å². The molecule has 0 bridgehead atoms. The van der Waals surface area contributed by atoms with E-state index in [-0.39, 0.29) is 6.04 Å². The van der Waals surface area contributed by atoms with E-state index in [9.17, 15) is 9.90 Å². The van der Waals surface area contributed by atoms with E-state index in [0.717, 1.165) is 38.5 Å². The van der Waals surface area contributed by atoms with Gasteiger partial charge in [-0.25, -0.2) is 0 Å². The van der Waals surface area contributed by atoms with Crippen molar-refractivity contribution in [1.82, 2.24) is 0 Å². The molecular weight excluding hydrogens is 178 g/mol. The number of aliphatic carboxylic acids is 1. The summed E-state index contributed by atoms with van der Waals surface area (Å²) >= 11 is 0. The lowest BCUT2D eigenvalue weighted by atomic mass is 9.79. The second kappa shape index (κ2) is 4.78. The molecule has 1 atom stereocenters. The summed E-state index contributed by atoms with van der Waals surface area (Å²) in [6, 6.07) is 0.0641. The summed E-state index contributed by atoms with van der Waals surface area (Å²) in [5.74, 6) is -0.637. The van der Waals surface area contributed by atoms with Crippen LogP contribution in [0.3, 0.4) is 0 Å². The van der Waals surface area contributed by atoms with E-state index in [2.05, 4.69) is 6.92 Å². The van der Waals surface area contributed by atoms with Crippen LogP contribution in [-0.2, 0) is 4.79 Å². The van der Waals surface area contributed by atoms with Crippen LogP contribution in [0.4, 0.5) is 0 Å². The molecule has 14 heavy (non-hydrogen) atoms. The van der Waals surface area contributed by atoms with Gasteiger partial charge in [-0.05, 0) is 25.7 Å². The maximum Gasteiger partial charge on any atom is 0.309 e. The number of hydrogen-bond donors (Lipinski definition) is 2. The zero-order chi connectivity index (χ0) is 10.6. The first kappa shape index (κ1) is 11.5. The highest BCUT2D eigenvalue weighted by Crippen LogP contribution is 2.42. The molecule has 1 unspecified atom stereocenters. The molecule has 0 aliphatic heterocycles. The number of rotatable bonds is 5. The quantitative estimate of drug-likeness (QED) is 0.713. The molecule has 3 N–H and O–H groups in total. The SMILES string of the molecule is CCCC(N)CC1(C(=O)O)CCCC1. The average molecular weight is 199 g/mol. The van der Waals surface area contributed by atoms with Gasteiger partial charge in [-0.1, -0.05) is 26.2 Å². The van der Waals surface area contributed by atoms with Gasteiger partial charge in [0.05, 0.1) is 5.41 Å². The van der Waals surface area contributed by atoms with Gasteiger partial charge in [0.2, 0.25) is 0 Å². The van der Waals surface area contributed by atoms with Crippen molar-refractivity contribution in [3.63, 3.8) is 0 Å². The van der Waals surface area contributed by atoms with E-state index in [1.54, 1.807) is 0 Å². The van der Waals surface area contributed by atoms with Crippen LogP contribution >= 0.6 is 0 Å². The third-order valence-electron chi connectivity index (χ3n) is 3.33. The number of carboxylic acid groups (broad SMARTS) is 1. The summed E-state index contributed by atoms with van der Waals surface area (Å²) in [7, 11) is 0. The van der Waals surface area contributed by atoms with Gasteiger partial charge < -0.3 is 10.8 Å². The largest absolute Gasteiger partial charge is 0.481 e. The maximum absolute atomic E-state index is 11.2. The second-order valence-electron chi connectivity index (χ2n) is 4.55. The van der Waals surface area contributed by atoms with Crippen LogP contribution in [-0.4, -0.2) is 17.1 Å². The molecule has 0 spiro atoms. The summed E-state index contributed by atoms with van der Waals surface area (Å²) in [4.78, 5) is 11.2. The Morgan fingerprint density at radius 2 is 2.07 bits per heavy atom. The Hall–Kier alpha value is -0.570. The Morgan fingerprint density at radius 1 is 1.50 bits per heavy atom. The summed E-state index contributed by atoms with van der Waals surface area (Å²) in [6.07, 6.45) is 6.37. The minimum Gasteiger partial charge on any atom is -0.481 e. The van der Waals surface area contributed by atoms with Crippen LogP contribution in [0.5, 0.6) is 0 Å². The highest BCUT2D eigenvalue weighted by Gasteiger charge is 2.41. The minimum atomic E-state index is -0.637. The first-order chi connectivity index (χ1) is 6.60. The predicted octanol–water partition coefficient (Wildman–Crippen LogP) is 2.15. The van der Waals surface area contributed by atoms with Gasteiger partial charge in [-0.3, -0.25) is 4.79 Å². The van der Waals surface area contributed by atoms with Crippen LogP contribution < -0.4 is 5.73 Å².